The molecule has 0 fully saturated rings. The molecule has 0 saturated heterocycles. The van der Waals surface area contributed by atoms with Gasteiger partial charge in [-0.15, -0.1) is 0 Å². The molecule has 0 saturated carbocycles. The van der Waals surface area contributed by atoms with Crippen LogP contribution in [0.4, 0.5) is 0 Å². The molecular formula is BaS3Zr. The summed E-state index contributed by atoms with van der Waals surface area (Å²) >= 11 is 0. The van der Waals surface area contributed by atoms with Crippen LogP contribution in [0, 0.1) is 0 Å². The molecule has 5 heteroatoms. The van der Waals surface area contributed by atoms with Gasteiger partial charge in [0.1, 0.15) is 0 Å². The van der Waals surface area contributed by atoms with Gasteiger partial charge in [0.15, 0.2) is 0 Å². The number of hydrogen-bond acceptors (Lipinski definition) is 0. The summed E-state index contributed by atoms with van der Waals surface area (Å²) in [6, 6.07) is 0. The van der Waals surface area contributed by atoms with Crippen molar-refractivity contribution in [2.45, 2.75) is 0 Å². The molecule has 0 amide bonds. The second kappa shape index (κ2) is 25.9. The zero-order valence-electron chi connectivity index (χ0n) is 2.43. The molecule has 0 nitrogen and oxygen atoms in total. The summed E-state index contributed by atoms with van der Waals surface area (Å²) in [7, 11) is 0. The second-order valence-corrected chi connectivity index (χ2v) is 0. The third-order valence-corrected chi connectivity index (χ3v) is 0. The van der Waals surface area contributed by atoms with Crippen LogP contribution in [-0.2, 0) is 66.7 Å². The summed E-state index contributed by atoms with van der Waals surface area (Å²) in [6.45, 7) is 0. The Morgan fingerprint density at radius 1 is 0.600 bits per heavy atom. The molecular weight excluding hydrogens is 325 g/mol. The fourth-order valence-electron chi connectivity index (χ4n) is 0. The first kappa shape index (κ1) is 39.0. The van der Waals surface area contributed by atoms with Crippen molar-refractivity contribution in [3.63, 3.8) is 0 Å². The van der Waals surface area contributed by atoms with Crippen molar-refractivity contribution >= 4 is 89.4 Å². The molecule has 0 aromatic heterocycles. The van der Waals surface area contributed by atoms with Crippen molar-refractivity contribution in [2.24, 2.45) is 0 Å². The van der Waals surface area contributed by atoms with Crippen molar-refractivity contribution < 1.29 is 26.2 Å². The molecule has 0 aliphatic rings. The molecule has 0 aromatic rings. The van der Waals surface area contributed by atoms with E-state index in [1.807, 2.05) is 0 Å². The fourth-order valence-corrected chi connectivity index (χ4v) is 0. The predicted molar refractivity (Wildman–Crippen MR) is 27.8 cm³/mol. The van der Waals surface area contributed by atoms with E-state index in [1.165, 1.54) is 0 Å². The predicted octanol–water partition coefficient (Wildman–Crippen LogP) is -0.391. The monoisotopic (exact) mass is 324 g/mol. The molecule has 0 aromatic carbocycles. The molecule has 0 spiro atoms. The average molecular weight is 325 g/mol. The Kier molecular flexibility index (Phi) is 202. The quantitative estimate of drug-likeness (QED) is 0.533. The first-order valence-electron chi connectivity index (χ1n) is 0. The van der Waals surface area contributed by atoms with Crippen LogP contribution in [0.15, 0.2) is 0 Å². The Balaban J connectivity index is 0. The van der Waals surface area contributed by atoms with E-state index >= 15 is 0 Å². The maximum atomic E-state index is 0. The Hall–Kier alpha value is 3.50. The Bertz CT molecular complexity index is 6.85. The van der Waals surface area contributed by atoms with Gasteiger partial charge in [0.05, 0.1) is 0 Å². The maximum Gasteiger partial charge on any atom is 4.00 e. The Morgan fingerprint density at radius 2 is 0.600 bits per heavy atom. The van der Waals surface area contributed by atoms with Gasteiger partial charge in [-0.2, -0.15) is 0 Å². The zero-order valence-corrected chi connectivity index (χ0v) is 11.8. The summed E-state index contributed by atoms with van der Waals surface area (Å²) in [6.07, 6.45) is 0. The minimum atomic E-state index is 0. The Morgan fingerprint density at radius 3 is 0.600 bits per heavy atom. The number of rotatable bonds is 0. The van der Waals surface area contributed by atoms with Crippen LogP contribution in [0.2, 0.25) is 0 Å². The van der Waals surface area contributed by atoms with Gasteiger partial charge in [-0.3, -0.25) is 0 Å². The molecule has 0 N–H and O–H groups in total. The van der Waals surface area contributed by atoms with Crippen molar-refractivity contribution in [1.29, 1.82) is 0 Å². The van der Waals surface area contributed by atoms with E-state index in [9.17, 15) is 0 Å². The van der Waals surface area contributed by atoms with E-state index in [0.717, 1.165) is 0 Å². The number of hydrogen-bond donors (Lipinski definition) is 0. The first-order valence-corrected chi connectivity index (χ1v) is 0. The van der Waals surface area contributed by atoms with Crippen LogP contribution in [0.25, 0.3) is 0 Å². The minimum absolute atomic E-state index is 0. The van der Waals surface area contributed by atoms with E-state index in [1.54, 1.807) is 0 Å². The van der Waals surface area contributed by atoms with Gasteiger partial charge in [-0.25, -0.2) is 0 Å². The molecule has 5 heavy (non-hydrogen) atoms. The normalized spacial score (nSPS) is 0. The van der Waals surface area contributed by atoms with E-state index in [-0.39, 0.29) is 116 Å². The van der Waals surface area contributed by atoms with Gasteiger partial charge in [0.25, 0.3) is 0 Å². The zero-order chi connectivity index (χ0) is 0. The standard InChI is InChI=1S/Ba.3S.Zr/q+2;3*-2;+4. The van der Waals surface area contributed by atoms with E-state index < -0.39 is 0 Å². The Labute approximate surface area is 113 Å². The van der Waals surface area contributed by atoms with Crippen LogP contribution < -0.4 is 0 Å². The summed E-state index contributed by atoms with van der Waals surface area (Å²) in [5, 5.41) is 0. The SMILES string of the molecule is [Ba+2].[S-2].[S-2].[S-2].[Zr+4]. The molecule has 0 aliphatic carbocycles. The van der Waals surface area contributed by atoms with Crippen LogP contribution in [0.5, 0.6) is 0 Å². The minimum Gasteiger partial charge on any atom is -2.00 e. The van der Waals surface area contributed by atoms with Gasteiger partial charge < -0.3 is 40.5 Å². The molecule has 0 rings (SSSR count). The maximum absolute atomic E-state index is 0. The molecule has 0 aliphatic heterocycles. The molecule has 0 bridgehead atoms. The first-order chi connectivity index (χ1) is 0. The van der Waals surface area contributed by atoms with Gasteiger partial charge in [-0.05, 0) is 0 Å². The van der Waals surface area contributed by atoms with Crippen molar-refractivity contribution in [3.05, 3.63) is 0 Å². The molecule has 0 unspecified atom stereocenters. The summed E-state index contributed by atoms with van der Waals surface area (Å²) < 4.78 is 0. The largest absolute Gasteiger partial charge is 4.00 e. The average Bonchev–Trinajstić information content (AvgIpc) is 0. The van der Waals surface area contributed by atoms with Crippen molar-refractivity contribution in [1.82, 2.24) is 0 Å². The van der Waals surface area contributed by atoms with Crippen molar-refractivity contribution in [3.8, 4) is 0 Å². The van der Waals surface area contributed by atoms with Crippen molar-refractivity contribution in [2.75, 3.05) is 0 Å². The molecule has 0 atom stereocenters. The van der Waals surface area contributed by atoms with Crippen LogP contribution in [0.1, 0.15) is 0 Å². The fraction of sp³-hybridized carbons (Fsp3) is 0. The summed E-state index contributed by atoms with van der Waals surface area (Å²) in [4.78, 5) is 0. The van der Waals surface area contributed by atoms with E-state index in [2.05, 4.69) is 0 Å². The third kappa shape index (κ3) is 18.5. The molecule has 24 valence electrons. The van der Waals surface area contributed by atoms with Crippen LogP contribution in [-0.4, -0.2) is 48.9 Å². The summed E-state index contributed by atoms with van der Waals surface area (Å²) in [5.74, 6) is 0. The van der Waals surface area contributed by atoms with E-state index in [0.29, 0.717) is 0 Å². The van der Waals surface area contributed by atoms with Gasteiger partial charge in [0, 0.05) is 0 Å². The molecule has 0 radical (unpaired) electrons. The third-order valence-electron chi connectivity index (χ3n) is 0. The second-order valence-electron chi connectivity index (χ2n) is 0. The van der Waals surface area contributed by atoms with Gasteiger partial charge in [0.2, 0.25) is 0 Å². The smallest absolute Gasteiger partial charge is 2.00 e. The van der Waals surface area contributed by atoms with Crippen LogP contribution in [0.3, 0.4) is 0 Å². The summed E-state index contributed by atoms with van der Waals surface area (Å²) in [5.41, 5.74) is 0. The van der Waals surface area contributed by atoms with E-state index in [4.69, 9.17) is 0 Å². The topological polar surface area (TPSA) is 0 Å². The van der Waals surface area contributed by atoms with Gasteiger partial charge in [-0.1, -0.05) is 0 Å². The van der Waals surface area contributed by atoms with Crippen LogP contribution >= 0.6 is 0 Å². The molecule has 0 heterocycles. The van der Waals surface area contributed by atoms with Gasteiger partial charge >= 0.3 is 75.1 Å².